The smallest absolute Gasteiger partial charge is 0.344 e. The number of amides is 1. The highest BCUT2D eigenvalue weighted by molar-refractivity contribution is 9.11. The SMILES string of the molecule is O=C(N/N=C\c1cc(Br)cc(Br)c1OC(=O)c1ccccc1Br)c1ccc([N+](=O)[O-])cc1. The zero-order chi connectivity index (χ0) is 23.3. The lowest BCUT2D eigenvalue weighted by Crippen LogP contribution is -2.17. The van der Waals surface area contributed by atoms with Gasteiger partial charge in [-0.15, -0.1) is 0 Å². The minimum Gasteiger partial charge on any atom is -0.421 e. The Morgan fingerprint density at radius 2 is 1.69 bits per heavy atom. The van der Waals surface area contributed by atoms with Crippen LogP contribution in [0.2, 0.25) is 0 Å². The summed E-state index contributed by atoms with van der Waals surface area (Å²) in [6, 6.07) is 15.3. The van der Waals surface area contributed by atoms with Crippen molar-refractivity contribution in [3.8, 4) is 5.75 Å². The third-order valence-electron chi connectivity index (χ3n) is 4.04. The van der Waals surface area contributed by atoms with Crippen LogP contribution < -0.4 is 10.2 Å². The minimum absolute atomic E-state index is 0.124. The van der Waals surface area contributed by atoms with Crippen LogP contribution in [0.3, 0.4) is 0 Å². The molecule has 32 heavy (non-hydrogen) atoms. The molecule has 11 heteroatoms. The molecule has 0 aliphatic rings. The highest BCUT2D eigenvalue weighted by Crippen LogP contribution is 2.33. The van der Waals surface area contributed by atoms with Crippen LogP contribution in [0.1, 0.15) is 26.3 Å². The van der Waals surface area contributed by atoms with E-state index in [0.29, 0.717) is 24.5 Å². The van der Waals surface area contributed by atoms with E-state index in [0.717, 1.165) is 0 Å². The number of hydrogen-bond donors (Lipinski definition) is 1. The maximum Gasteiger partial charge on any atom is 0.344 e. The molecule has 1 amide bonds. The third-order valence-corrected chi connectivity index (χ3v) is 5.77. The van der Waals surface area contributed by atoms with E-state index in [2.05, 4.69) is 58.3 Å². The van der Waals surface area contributed by atoms with Gasteiger partial charge in [0.25, 0.3) is 11.6 Å². The Morgan fingerprint density at radius 1 is 1.00 bits per heavy atom. The van der Waals surface area contributed by atoms with Crippen LogP contribution in [0.4, 0.5) is 5.69 Å². The Balaban J connectivity index is 1.79. The number of carbonyl (C=O) groups excluding carboxylic acids is 2. The molecule has 8 nitrogen and oxygen atoms in total. The first-order chi connectivity index (χ1) is 15.3. The zero-order valence-electron chi connectivity index (χ0n) is 15.9. The molecule has 3 rings (SSSR count). The summed E-state index contributed by atoms with van der Waals surface area (Å²) in [4.78, 5) is 35.0. The maximum absolute atomic E-state index is 12.6. The molecule has 0 aliphatic heterocycles. The number of esters is 1. The lowest BCUT2D eigenvalue weighted by Gasteiger charge is -2.11. The first-order valence-corrected chi connectivity index (χ1v) is 11.2. The molecule has 0 saturated carbocycles. The summed E-state index contributed by atoms with van der Waals surface area (Å²) in [5.41, 5.74) is 3.17. The van der Waals surface area contributed by atoms with Gasteiger partial charge in [0.15, 0.2) is 5.75 Å². The van der Waals surface area contributed by atoms with Crippen molar-refractivity contribution in [2.24, 2.45) is 5.10 Å². The van der Waals surface area contributed by atoms with Gasteiger partial charge in [-0.25, -0.2) is 10.2 Å². The molecule has 0 saturated heterocycles. The van der Waals surface area contributed by atoms with Crippen LogP contribution in [-0.4, -0.2) is 23.0 Å². The summed E-state index contributed by atoms with van der Waals surface area (Å²) in [6.45, 7) is 0. The van der Waals surface area contributed by atoms with Crippen LogP contribution in [0.15, 0.2) is 79.2 Å². The van der Waals surface area contributed by atoms with E-state index >= 15 is 0 Å². The Morgan fingerprint density at radius 3 is 2.34 bits per heavy atom. The van der Waals surface area contributed by atoms with Crippen LogP contribution in [-0.2, 0) is 0 Å². The average molecular weight is 626 g/mol. The number of halogens is 3. The predicted octanol–water partition coefficient (Wildman–Crippen LogP) is 5.87. The second kappa shape index (κ2) is 10.6. The number of nitro benzene ring substituents is 1. The highest BCUT2D eigenvalue weighted by Gasteiger charge is 2.17. The number of hydrogen-bond acceptors (Lipinski definition) is 6. The second-order valence-electron chi connectivity index (χ2n) is 6.18. The van der Waals surface area contributed by atoms with E-state index in [1.165, 1.54) is 30.5 Å². The van der Waals surface area contributed by atoms with E-state index < -0.39 is 16.8 Å². The van der Waals surface area contributed by atoms with Crippen molar-refractivity contribution < 1.29 is 19.2 Å². The normalized spacial score (nSPS) is 10.7. The molecular formula is C21H12Br3N3O5. The van der Waals surface area contributed by atoms with Crippen molar-refractivity contribution in [2.45, 2.75) is 0 Å². The molecule has 1 N–H and O–H groups in total. The summed E-state index contributed by atoms with van der Waals surface area (Å²) in [7, 11) is 0. The molecule has 0 fully saturated rings. The van der Waals surface area contributed by atoms with Crippen molar-refractivity contribution >= 4 is 71.6 Å². The van der Waals surface area contributed by atoms with Crippen LogP contribution in [0.5, 0.6) is 5.75 Å². The van der Waals surface area contributed by atoms with Gasteiger partial charge in [-0.2, -0.15) is 5.10 Å². The first-order valence-electron chi connectivity index (χ1n) is 8.80. The molecular weight excluding hydrogens is 614 g/mol. The molecule has 3 aromatic carbocycles. The molecule has 0 spiro atoms. The van der Waals surface area contributed by atoms with Crippen molar-refractivity contribution in [1.29, 1.82) is 0 Å². The number of nitro groups is 1. The fourth-order valence-electron chi connectivity index (χ4n) is 2.52. The summed E-state index contributed by atoms with van der Waals surface area (Å²) in [6.07, 6.45) is 1.32. The maximum atomic E-state index is 12.6. The lowest BCUT2D eigenvalue weighted by atomic mass is 10.2. The zero-order valence-corrected chi connectivity index (χ0v) is 20.7. The number of benzene rings is 3. The van der Waals surface area contributed by atoms with Crippen LogP contribution in [0.25, 0.3) is 0 Å². The molecule has 0 unspecified atom stereocenters. The van der Waals surface area contributed by atoms with Gasteiger partial charge in [0, 0.05) is 32.2 Å². The van der Waals surface area contributed by atoms with Crippen molar-refractivity contribution in [2.75, 3.05) is 0 Å². The van der Waals surface area contributed by atoms with Gasteiger partial charge in [-0.1, -0.05) is 28.1 Å². The highest BCUT2D eigenvalue weighted by atomic mass is 79.9. The van der Waals surface area contributed by atoms with Gasteiger partial charge in [-0.05, 0) is 68.3 Å². The number of non-ortho nitro benzene ring substituents is 1. The Labute approximate surface area is 207 Å². The lowest BCUT2D eigenvalue weighted by molar-refractivity contribution is -0.384. The van der Waals surface area contributed by atoms with Gasteiger partial charge >= 0.3 is 5.97 Å². The van der Waals surface area contributed by atoms with E-state index in [1.807, 2.05) is 0 Å². The van der Waals surface area contributed by atoms with Crippen molar-refractivity contribution in [3.63, 3.8) is 0 Å². The number of nitrogens with one attached hydrogen (secondary N) is 1. The number of ether oxygens (including phenoxy) is 1. The van der Waals surface area contributed by atoms with E-state index in [4.69, 9.17) is 4.74 Å². The quantitative estimate of drug-likeness (QED) is 0.121. The molecule has 0 aliphatic carbocycles. The molecule has 162 valence electrons. The predicted molar refractivity (Wildman–Crippen MR) is 129 cm³/mol. The van der Waals surface area contributed by atoms with Crippen molar-refractivity contribution in [1.82, 2.24) is 5.43 Å². The second-order valence-corrected chi connectivity index (χ2v) is 8.80. The fraction of sp³-hybridized carbons (Fsp3) is 0. The minimum atomic E-state index is -0.579. The summed E-state index contributed by atoms with van der Waals surface area (Å²) in [5.74, 6) is -0.927. The van der Waals surface area contributed by atoms with Crippen LogP contribution in [0, 0.1) is 10.1 Å². The molecule has 0 atom stereocenters. The van der Waals surface area contributed by atoms with Gasteiger partial charge in [0.1, 0.15) is 0 Å². The summed E-state index contributed by atoms with van der Waals surface area (Å²) in [5, 5.41) is 14.6. The fourth-order valence-corrected chi connectivity index (χ4v) is 4.30. The molecule has 0 bridgehead atoms. The Kier molecular flexibility index (Phi) is 7.89. The van der Waals surface area contributed by atoms with E-state index in [1.54, 1.807) is 36.4 Å². The summed E-state index contributed by atoms with van der Waals surface area (Å²) < 4.78 is 7.34. The molecule has 0 radical (unpaired) electrons. The van der Waals surface area contributed by atoms with Gasteiger partial charge in [0.05, 0.1) is 21.2 Å². The molecule has 0 heterocycles. The molecule has 3 aromatic rings. The number of hydrazone groups is 1. The van der Waals surface area contributed by atoms with Gasteiger partial charge in [-0.3, -0.25) is 14.9 Å². The first kappa shape index (κ1) is 23.8. The third kappa shape index (κ3) is 5.87. The monoisotopic (exact) mass is 623 g/mol. The average Bonchev–Trinajstić information content (AvgIpc) is 2.76. The number of nitrogens with zero attached hydrogens (tertiary/aromatic N) is 2. The van der Waals surface area contributed by atoms with Gasteiger partial charge < -0.3 is 4.74 Å². The van der Waals surface area contributed by atoms with Gasteiger partial charge in [0.2, 0.25) is 0 Å². The largest absolute Gasteiger partial charge is 0.421 e. The van der Waals surface area contributed by atoms with E-state index in [9.17, 15) is 19.7 Å². The Bertz CT molecular complexity index is 1230. The van der Waals surface area contributed by atoms with Crippen molar-refractivity contribution in [3.05, 3.63) is 101 Å². The van der Waals surface area contributed by atoms with Crippen LogP contribution >= 0.6 is 47.8 Å². The summed E-state index contributed by atoms with van der Waals surface area (Å²) >= 11 is 10.1. The molecule has 0 aromatic heterocycles. The number of carbonyl (C=O) groups is 2. The Hall–Kier alpha value is -2.89. The topological polar surface area (TPSA) is 111 Å². The standard InChI is InChI=1S/C21H12Br3N3O5/c22-14-9-13(11-25-26-20(28)12-5-7-15(8-6-12)27(30)31)19(18(24)10-14)32-21(29)16-3-1-2-4-17(16)23/h1-11H,(H,26,28)/b25-11-. The van der Waals surface area contributed by atoms with E-state index in [-0.39, 0.29) is 17.0 Å². The number of rotatable bonds is 6.